The number of amides is 1. The van der Waals surface area contributed by atoms with Crippen LogP contribution in [0, 0.1) is 0 Å². The van der Waals surface area contributed by atoms with Crippen LogP contribution in [0.4, 0.5) is 0 Å². The number of nitrogens with zero attached hydrogens (tertiary/aromatic N) is 2. The number of aromatic nitrogens is 2. The molecule has 1 aromatic heterocycles. The molecule has 0 bridgehead atoms. The van der Waals surface area contributed by atoms with Gasteiger partial charge in [0.05, 0.1) is 5.69 Å². The van der Waals surface area contributed by atoms with E-state index in [1.807, 2.05) is 20.8 Å². The van der Waals surface area contributed by atoms with Crippen LogP contribution in [-0.2, 0) is 17.3 Å². The number of carboxylic acid groups (broad SMARTS) is 1. The highest BCUT2D eigenvalue weighted by atomic mass is 16.4. The van der Waals surface area contributed by atoms with E-state index in [9.17, 15) is 9.59 Å². The molecule has 0 saturated carbocycles. The summed E-state index contributed by atoms with van der Waals surface area (Å²) in [6.45, 7) is 7.41. The summed E-state index contributed by atoms with van der Waals surface area (Å²) in [5.41, 5.74) is 0.987. The minimum absolute atomic E-state index is 0.158. The summed E-state index contributed by atoms with van der Waals surface area (Å²) in [4.78, 5) is 22.6. The van der Waals surface area contributed by atoms with Gasteiger partial charge >= 0.3 is 5.97 Å². The second kappa shape index (κ2) is 4.80. The first-order valence-corrected chi connectivity index (χ1v) is 5.71. The highest BCUT2D eigenvalue weighted by molar-refractivity contribution is 5.95. The molecule has 0 aliphatic heterocycles. The van der Waals surface area contributed by atoms with Crippen LogP contribution >= 0.6 is 0 Å². The van der Waals surface area contributed by atoms with Crippen molar-refractivity contribution in [3.63, 3.8) is 0 Å². The molecule has 1 amide bonds. The third-order valence-corrected chi connectivity index (χ3v) is 2.60. The van der Waals surface area contributed by atoms with Crippen molar-refractivity contribution in [3.8, 4) is 0 Å². The maximum atomic E-state index is 11.9. The lowest BCUT2D eigenvalue weighted by Crippen LogP contribution is -2.39. The first-order valence-electron chi connectivity index (χ1n) is 5.71. The van der Waals surface area contributed by atoms with Gasteiger partial charge in [-0.25, -0.2) is 0 Å². The number of carboxylic acids is 1. The number of carbonyl (C=O) groups excluding carboxylic acids is 1. The fourth-order valence-corrected chi connectivity index (χ4v) is 1.38. The summed E-state index contributed by atoms with van der Waals surface area (Å²) in [5.74, 6) is -1.50. The standard InChI is InChI=1S/C12H19N3O3/c1-7(11(17)18)13-10(16)8-6-9(12(2,3)4)14-15(8)5/h6-7H,1-5H3,(H,13,16)(H,17,18). The van der Waals surface area contributed by atoms with E-state index < -0.39 is 17.9 Å². The maximum Gasteiger partial charge on any atom is 0.325 e. The van der Waals surface area contributed by atoms with Gasteiger partial charge in [0, 0.05) is 12.5 Å². The SMILES string of the molecule is CC(NC(=O)c1cc(C(C)(C)C)nn1C)C(=O)O. The normalized spacial score (nSPS) is 13.2. The van der Waals surface area contributed by atoms with Gasteiger partial charge in [-0.2, -0.15) is 5.10 Å². The van der Waals surface area contributed by atoms with Gasteiger partial charge < -0.3 is 10.4 Å². The van der Waals surface area contributed by atoms with Gasteiger partial charge in [-0.3, -0.25) is 14.3 Å². The zero-order valence-electron chi connectivity index (χ0n) is 11.3. The molecule has 0 aliphatic rings. The van der Waals surface area contributed by atoms with E-state index in [0.29, 0.717) is 5.69 Å². The molecule has 1 rings (SSSR count). The molecule has 6 nitrogen and oxygen atoms in total. The Labute approximate surface area is 106 Å². The Morgan fingerprint density at radius 2 is 2.00 bits per heavy atom. The fourth-order valence-electron chi connectivity index (χ4n) is 1.38. The Morgan fingerprint density at radius 3 is 2.39 bits per heavy atom. The molecule has 0 aliphatic carbocycles. The van der Waals surface area contributed by atoms with Gasteiger partial charge in [0.25, 0.3) is 5.91 Å². The Hall–Kier alpha value is -1.85. The van der Waals surface area contributed by atoms with Crippen molar-refractivity contribution in [3.05, 3.63) is 17.5 Å². The third kappa shape index (κ3) is 3.09. The highest BCUT2D eigenvalue weighted by Crippen LogP contribution is 2.21. The van der Waals surface area contributed by atoms with Gasteiger partial charge in [0.15, 0.2) is 0 Å². The van der Waals surface area contributed by atoms with E-state index in [2.05, 4.69) is 10.4 Å². The Balaban J connectivity index is 2.94. The summed E-state index contributed by atoms with van der Waals surface area (Å²) in [5, 5.41) is 15.4. The number of nitrogens with one attached hydrogen (secondary N) is 1. The molecule has 1 aromatic rings. The molecule has 1 atom stereocenters. The lowest BCUT2D eigenvalue weighted by Gasteiger charge is -2.13. The lowest BCUT2D eigenvalue weighted by molar-refractivity contribution is -0.138. The van der Waals surface area contributed by atoms with Gasteiger partial charge in [0.1, 0.15) is 11.7 Å². The van der Waals surface area contributed by atoms with Gasteiger partial charge in [-0.1, -0.05) is 20.8 Å². The van der Waals surface area contributed by atoms with E-state index in [-0.39, 0.29) is 5.41 Å². The summed E-state index contributed by atoms with van der Waals surface area (Å²) < 4.78 is 1.46. The monoisotopic (exact) mass is 253 g/mol. The number of hydrogen-bond donors (Lipinski definition) is 2. The number of aliphatic carboxylic acids is 1. The zero-order valence-corrected chi connectivity index (χ0v) is 11.3. The first-order chi connectivity index (χ1) is 8.12. The molecule has 6 heteroatoms. The van der Waals surface area contributed by atoms with E-state index in [1.165, 1.54) is 11.6 Å². The van der Waals surface area contributed by atoms with Crippen LogP contribution < -0.4 is 5.32 Å². The fraction of sp³-hybridized carbons (Fsp3) is 0.583. The molecule has 0 fully saturated rings. The quantitative estimate of drug-likeness (QED) is 0.839. The van der Waals surface area contributed by atoms with Gasteiger partial charge in [-0.05, 0) is 13.0 Å². The molecular formula is C12H19N3O3. The Kier molecular flexibility index (Phi) is 3.79. The summed E-state index contributed by atoms with van der Waals surface area (Å²) in [6, 6.07) is 0.759. The molecule has 0 aromatic carbocycles. The first kappa shape index (κ1) is 14.2. The van der Waals surface area contributed by atoms with E-state index in [4.69, 9.17) is 5.11 Å². The third-order valence-electron chi connectivity index (χ3n) is 2.60. The van der Waals surface area contributed by atoms with E-state index in [1.54, 1.807) is 13.1 Å². The van der Waals surface area contributed by atoms with Crippen LogP contribution in [0.3, 0.4) is 0 Å². The maximum absolute atomic E-state index is 11.9. The van der Waals surface area contributed by atoms with Crippen molar-refractivity contribution in [2.24, 2.45) is 7.05 Å². The van der Waals surface area contributed by atoms with Crippen molar-refractivity contribution in [1.29, 1.82) is 0 Å². The lowest BCUT2D eigenvalue weighted by atomic mass is 9.92. The van der Waals surface area contributed by atoms with E-state index >= 15 is 0 Å². The summed E-state index contributed by atoms with van der Waals surface area (Å²) >= 11 is 0. The predicted molar refractivity (Wildman–Crippen MR) is 66.5 cm³/mol. The van der Waals surface area contributed by atoms with Crippen LogP contribution in [0.15, 0.2) is 6.07 Å². The summed E-state index contributed by atoms with van der Waals surface area (Å²) in [6.07, 6.45) is 0. The molecule has 2 N–H and O–H groups in total. The van der Waals surface area contributed by atoms with E-state index in [0.717, 1.165) is 5.69 Å². The number of carbonyl (C=O) groups is 2. The molecule has 0 spiro atoms. The number of aryl methyl sites for hydroxylation is 1. The predicted octanol–water partition coefficient (Wildman–Crippen LogP) is 0.920. The summed E-state index contributed by atoms with van der Waals surface area (Å²) in [7, 11) is 1.66. The van der Waals surface area contributed by atoms with Crippen LogP contribution in [-0.4, -0.2) is 32.8 Å². The van der Waals surface area contributed by atoms with Crippen molar-refractivity contribution >= 4 is 11.9 Å². The van der Waals surface area contributed by atoms with Crippen LogP contribution in [0.2, 0.25) is 0 Å². The molecular weight excluding hydrogens is 234 g/mol. The molecule has 18 heavy (non-hydrogen) atoms. The van der Waals surface area contributed by atoms with Gasteiger partial charge in [0.2, 0.25) is 0 Å². The second-order valence-corrected chi connectivity index (χ2v) is 5.32. The number of rotatable bonds is 3. The van der Waals surface area contributed by atoms with Crippen molar-refractivity contribution in [2.75, 3.05) is 0 Å². The molecule has 1 unspecified atom stereocenters. The van der Waals surface area contributed by atoms with Crippen molar-refractivity contribution in [2.45, 2.75) is 39.2 Å². The van der Waals surface area contributed by atoms with Crippen molar-refractivity contribution < 1.29 is 14.7 Å². The van der Waals surface area contributed by atoms with Crippen LogP contribution in [0.25, 0.3) is 0 Å². The molecule has 100 valence electrons. The average Bonchev–Trinajstić information content (AvgIpc) is 2.59. The largest absolute Gasteiger partial charge is 0.480 e. The van der Waals surface area contributed by atoms with Crippen LogP contribution in [0.5, 0.6) is 0 Å². The molecule has 0 saturated heterocycles. The topological polar surface area (TPSA) is 84.2 Å². The smallest absolute Gasteiger partial charge is 0.325 e. The number of hydrogen-bond acceptors (Lipinski definition) is 3. The van der Waals surface area contributed by atoms with Gasteiger partial charge in [-0.15, -0.1) is 0 Å². The minimum Gasteiger partial charge on any atom is -0.480 e. The average molecular weight is 253 g/mol. The Bertz CT molecular complexity index is 471. The van der Waals surface area contributed by atoms with Crippen molar-refractivity contribution in [1.82, 2.24) is 15.1 Å². The minimum atomic E-state index is -1.07. The van der Waals surface area contributed by atoms with Crippen LogP contribution in [0.1, 0.15) is 43.9 Å². The highest BCUT2D eigenvalue weighted by Gasteiger charge is 2.23. The molecule has 1 heterocycles. The molecule has 0 radical (unpaired) electrons. The zero-order chi connectivity index (χ0) is 14.1. The second-order valence-electron chi connectivity index (χ2n) is 5.32. The Morgan fingerprint density at radius 1 is 1.44 bits per heavy atom.